The van der Waals surface area contributed by atoms with E-state index in [0.717, 1.165) is 48.4 Å². The highest BCUT2D eigenvalue weighted by Gasteiger charge is 2.28. The number of carbonyl (C=O) groups is 1. The van der Waals surface area contributed by atoms with Crippen molar-refractivity contribution in [1.82, 2.24) is 20.0 Å². The molecule has 1 aromatic heterocycles. The van der Waals surface area contributed by atoms with E-state index >= 15 is 0 Å². The maximum Gasteiger partial charge on any atom is 0.254 e. The molecule has 1 saturated heterocycles. The molecular formula is C19H26N4O. The van der Waals surface area contributed by atoms with Gasteiger partial charge in [-0.3, -0.25) is 9.48 Å². The molecule has 1 aromatic carbocycles. The van der Waals surface area contributed by atoms with E-state index in [1.807, 2.05) is 41.8 Å². The Bertz CT molecular complexity index is 722. The summed E-state index contributed by atoms with van der Waals surface area (Å²) in [5.41, 5.74) is 4.04. The van der Waals surface area contributed by atoms with E-state index in [1.165, 1.54) is 0 Å². The van der Waals surface area contributed by atoms with E-state index in [9.17, 15) is 4.79 Å². The fraction of sp³-hybridized carbons (Fsp3) is 0.474. The van der Waals surface area contributed by atoms with Crippen molar-refractivity contribution in [2.24, 2.45) is 0 Å². The summed E-state index contributed by atoms with van der Waals surface area (Å²) in [6.07, 6.45) is 2.17. The van der Waals surface area contributed by atoms with Crippen molar-refractivity contribution in [3.8, 4) is 0 Å². The molecule has 1 amide bonds. The van der Waals surface area contributed by atoms with Crippen molar-refractivity contribution in [3.05, 3.63) is 52.8 Å². The van der Waals surface area contributed by atoms with Crippen LogP contribution in [-0.4, -0.2) is 46.8 Å². The Labute approximate surface area is 143 Å². The summed E-state index contributed by atoms with van der Waals surface area (Å²) < 4.78 is 1.98. The lowest BCUT2D eigenvalue weighted by atomic mass is 10.1. The summed E-state index contributed by atoms with van der Waals surface area (Å²) in [6.45, 7) is 6.46. The molecule has 1 unspecified atom stereocenters. The van der Waals surface area contributed by atoms with Gasteiger partial charge in [-0.2, -0.15) is 5.10 Å². The number of aromatic nitrogens is 2. The first-order valence-electron chi connectivity index (χ1n) is 8.64. The molecular weight excluding hydrogens is 300 g/mol. The molecule has 1 aliphatic heterocycles. The quantitative estimate of drug-likeness (QED) is 0.918. The number of benzene rings is 1. The second-order valence-electron chi connectivity index (χ2n) is 6.64. The molecule has 0 spiro atoms. The Kier molecular flexibility index (Phi) is 5.00. The molecule has 3 rings (SSSR count). The fourth-order valence-corrected chi connectivity index (χ4v) is 3.53. The Morgan fingerprint density at radius 2 is 2.17 bits per heavy atom. The number of aryl methyl sites for hydroxylation is 2. The largest absolute Gasteiger partial charge is 0.334 e. The highest BCUT2D eigenvalue weighted by molar-refractivity contribution is 5.94. The predicted molar refractivity (Wildman–Crippen MR) is 95.2 cm³/mol. The average Bonchev–Trinajstić information content (AvgIpc) is 3.14. The lowest BCUT2D eigenvalue weighted by molar-refractivity contribution is 0.0737. The van der Waals surface area contributed by atoms with Gasteiger partial charge in [0.05, 0.1) is 12.2 Å². The Morgan fingerprint density at radius 1 is 1.33 bits per heavy atom. The van der Waals surface area contributed by atoms with Gasteiger partial charge in [0.2, 0.25) is 0 Å². The molecule has 1 atom stereocenters. The predicted octanol–water partition coefficient (Wildman–Crippen LogP) is 2.37. The zero-order chi connectivity index (χ0) is 17.1. The first-order valence-corrected chi connectivity index (χ1v) is 8.64. The van der Waals surface area contributed by atoms with Crippen molar-refractivity contribution in [2.45, 2.75) is 39.3 Å². The molecule has 128 valence electrons. The van der Waals surface area contributed by atoms with Gasteiger partial charge in [0.25, 0.3) is 5.91 Å². The van der Waals surface area contributed by atoms with Gasteiger partial charge in [-0.05, 0) is 57.5 Å². The van der Waals surface area contributed by atoms with E-state index in [2.05, 4.69) is 29.5 Å². The second-order valence-corrected chi connectivity index (χ2v) is 6.64. The van der Waals surface area contributed by atoms with E-state index < -0.39 is 0 Å². The molecule has 1 aliphatic rings. The highest BCUT2D eigenvalue weighted by atomic mass is 16.2. The first-order chi connectivity index (χ1) is 11.6. The number of likely N-dealkylation sites (tertiary alicyclic amines) is 1. The minimum atomic E-state index is 0.142. The fourth-order valence-electron chi connectivity index (χ4n) is 3.53. The van der Waals surface area contributed by atoms with Gasteiger partial charge in [-0.25, -0.2) is 0 Å². The smallest absolute Gasteiger partial charge is 0.254 e. The molecule has 2 heterocycles. The van der Waals surface area contributed by atoms with Crippen LogP contribution >= 0.6 is 0 Å². The highest BCUT2D eigenvalue weighted by Crippen LogP contribution is 2.20. The Balaban J connectivity index is 1.77. The summed E-state index contributed by atoms with van der Waals surface area (Å²) in [4.78, 5) is 14.9. The SMILES string of the molecule is CNCC1CCCN1C(=O)c1cccc(Cn2nc(C)cc2C)c1. The maximum absolute atomic E-state index is 12.9. The first kappa shape index (κ1) is 16.7. The lowest BCUT2D eigenvalue weighted by Crippen LogP contribution is -2.40. The summed E-state index contributed by atoms with van der Waals surface area (Å²) in [5.74, 6) is 0.142. The van der Waals surface area contributed by atoms with Gasteiger partial charge in [-0.15, -0.1) is 0 Å². The van der Waals surface area contributed by atoms with Gasteiger partial charge < -0.3 is 10.2 Å². The summed E-state index contributed by atoms with van der Waals surface area (Å²) in [5, 5.41) is 7.70. The molecule has 2 aromatic rings. The number of hydrogen-bond donors (Lipinski definition) is 1. The van der Waals surface area contributed by atoms with Crippen LogP contribution in [0.15, 0.2) is 30.3 Å². The minimum absolute atomic E-state index is 0.142. The van der Waals surface area contributed by atoms with Crippen LogP contribution in [0.4, 0.5) is 0 Å². The monoisotopic (exact) mass is 326 g/mol. The van der Waals surface area contributed by atoms with Crippen molar-refractivity contribution in [2.75, 3.05) is 20.1 Å². The van der Waals surface area contributed by atoms with Crippen LogP contribution in [-0.2, 0) is 6.54 Å². The Hall–Kier alpha value is -2.14. The van der Waals surface area contributed by atoms with E-state index in [-0.39, 0.29) is 5.91 Å². The normalized spacial score (nSPS) is 17.5. The molecule has 0 bridgehead atoms. The van der Waals surface area contributed by atoms with Crippen LogP contribution in [0.5, 0.6) is 0 Å². The molecule has 0 saturated carbocycles. The van der Waals surface area contributed by atoms with Crippen LogP contribution in [0.1, 0.15) is 40.2 Å². The Morgan fingerprint density at radius 3 is 2.88 bits per heavy atom. The number of nitrogens with zero attached hydrogens (tertiary/aromatic N) is 3. The number of nitrogens with one attached hydrogen (secondary N) is 1. The molecule has 1 fully saturated rings. The van der Waals surface area contributed by atoms with E-state index in [1.54, 1.807) is 0 Å². The van der Waals surface area contributed by atoms with Crippen molar-refractivity contribution in [1.29, 1.82) is 0 Å². The summed E-state index contributed by atoms with van der Waals surface area (Å²) in [7, 11) is 1.94. The number of amides is 1. The van der Waals surface area contributed by atoms with Gasteiger partial charge in [0.15, 0.2) is 0 Å². The van der Waals surface area contributed by atoms with Gasteiger partial charge in [0.1, 0.15) is 0 Å². The summed E-state index contributed by atoms with van der Waals surface area (Å²) in [6, 6.07) is 10.3. The minimum Gasteiger partial charge on any atom is -0.334 e. The van der Waals surface area contributed by atoms with Crippen LogP contribution < -0.4 is 5.32 Å². The second kappa shape index (κ2) is 7.18. The number of likely N-dealkylation sites (N-methyl/N-ethyl adjacent to an activating group) is 1. The van der Waals surface area contributed by atoms with Crippen LogP contribution in [0.25, 0.3) is 0 Å². The average molecular weight is 326 g/mol. The molecule has 0 radical (unpaired) electrons. The van der Waals surface area contributed by atoms with Crippen LogP contribution in [0.3, 0.4) is 0 Å². The number of carbonyl (C=O) groups excluding carboxylic acids is 1. The number of hydrogen-bond acceptors (Lipinski definition) is 3. The zero-order valence-electron chi connectivity index (χ0n) is 14.7. The molecule has 24 heavy (non-hydrogen) atoms. The zero-order valence-corrected chi connectivity index (χ0v) is 14.7. The van der Waals surface area contributed by atoms with Crippen LogP contribution in [0, 0.1) is 13.8 Å². The maximum atomic E-state index is 12.9. The van der Waals surface area contributed by atoms with Crippen LogP contribution in [0.2, 0.25) is 0 Å². The van der Waals surface area contributed by atoms with Gasteiger partial charge in [-0.1, -0.05) is 12.1 Å². The van der Waals surface area contributed by atoms with E-state index in [4.69, 9.17) is 0 Å². The molecule has 1 N–H and O–H groups in total. The van der Waals surface area contributed by atoms with Crippen molar-refractivity contribution in [3.63, 3.8) is 0 Å². The van der Waals surface area contributed by atoms with Gasteiger partial charge in [0, 0.05) is 30.4 Å². The van der Waals surface area contributed by atoms with Crippen molar-refractivity contribution < 1.29 is 4.79 Å². The standard InChI is InChI=1S/C19H26N4O/c1-14-10-15(2)23(21-14)13-16-6-4-7-17(11-16)19(24)22-9-5-8-18(22)12-20-3/h4,6-7,10-11,18,20H,5,8-9,12-13H2,1-3H3. The summed E-state index contributed by atoms with van der Waals surface area (Å²) >= 11 is 0. The third-order valence-corrected chi connectivity index (χ3v) is 4.69. The van der Waals surface area contributed by atoms with Gasteiger partial charge >= 0.3 is 0 Å². The molecule has 5 nitrogen and oxygen atoms in total. The number of rotatable bonds is 5. The third-order valence-electron chi connectivity index (χ3n) is 4.69. The molecule has 5 heteroatoms. The third kappa shape index (κ3) is 3.51. The van der Waals surface area contributed by atoms with E-state index in [0.29, 0.717) is 12.6 Å². The topological polar surface area (TPSA) is 50.2 Å². The lowest BCUT2D eigenvalue weighted by Gasteiger charge is -2.24. The van der Waals surface area contributed by atoms with Crippen molar-refractivity contribution >= 4 is 5.91 Å². The molecule has 0 aliphatic carbocycles.